The lowest BCUT2D eigenvalue weighted by Gasteiger charge is -2.51. The summed E-state index contributed by atoms with van der Waals surface area (Å²) < 4.78 is 62.2. The zero-order chi connectivity index (χ0) is 24.1. The van der Waals surface area contributed by atoms with Crippen molar-refractivity contribution in [2.75, 3.05) is 18.5 Å². The van der Waals surface area contributed by atoms with Gasteiger partial charge in [0.05, 0.1) is 22.2 Å². The average Bonchev–Trinajstić information content (AvgIpc) is 3.33. The number of urea groups is 1. The molecule has 34 heavy (non-hydrogen) atoms. The normalized spacial score (nSPS) is 21.9. The third kappa shape index (κ3) is 3.47. The van der Waals surface area contributed by atoms with Crippen molar-refractivity contribution in [3.8, 4) is 5.75 Å². The molecule has 3 aromatic rings. The Hall–Kier alpha value is -2.69. The first-order valence-corrected chi connectivity index (χ1v) is 13.3. The van der Waals surface area contributed by atoms with Crippen LogP contribution in [0.2, 0.25) is 5.02 Å². The van der Waals surface area contributed by atoms with Crippen molar-refractivity contribution in [2.45, 2.75) is 28.5 Å². The smallest absolute Gasteiger partial charge is 0.322 e. The number of ether oxygens (including phenoxy) is 1. The van der Waals surface area contributed by atoms with Gasteiger partial charge in [-0.15, -0.1) is 0 Å². The minimum absolute atomic E-state index is 0.0123. The highest BCUT2D eigenvalue weighted by Gasteiger charge is 2.61. The number of hydrogen-bond acceptors (Lipinski definition) is 5. The van der Waals surface area contributed by atoms with E-state index in [4.69, 9.17) is 16.3 Å². The lowest BCUT2D eigenvalue weighted by molar-refractivity contribution is 0.0708. The summed E-state index contributed by atoms with van der Waals surface area (Å²) >= 11 is 7.35. The van der Waals surface area contributed by atoms with Gasteiger partial charge < -0.3 is 15.0 Å². The minimum Gasteiger partial charge on any atom is -0.488 e. The quantitative estimate of drug-likeness (QED) is 0.495. The predicted molar refractivity (Wildman–Crippen MR) is 125 cm³/mol. The van der Waals surface area contributed by atoms with Gasteiger partial charge in [-0.2, -0.15) is 11.3 Å². The number of nitrogens with one attached hydrogen (secondary N) is 1. The highest BCUT2D eigenvalue weighted by atomic mass is 35.5. The molecule has 0 aliphatic carbocycles. The van der Waals surface area contributed by atoms with Gasteiger partial charge in [0, 0.05) is 16.9 Å². The highest BCUT2D eigenvalue weighted by Crippen LogP contribution is 2.53. The van der Waals surface area contributed by atoms with E-state index >= 15 is 4.39 Å². The third-order valence-electron chi connectivity index (χ3n) is 6.37. The number of amides is 2. The molecule has 1 saturated heterocycles. The molecule has 2 atom stereocenters. The van der Waals surface area contributed by atoms with E-state index in [0.29, 0.717) is 10.7 Å². The largest absolute Gasteiger partial charge is 0.488 e. The molecule has 1 N–H and O–H groups in total. The van der Waals surface area contributed by atoms with Crippen LogP contribution < -0.4 is 10.1 Å². The summed E-state index contributed by atoms with van der Waals surface area (Å²) in [5.74, 6) is -2.20. The van der Waals surface area contributed by atoms with E-state index in [9.17, 15) is 17.6 Å². The Morgan fingerprint density at radius 2 is 1.88 bits per heavy atom. The number of anilines is 1. The maximum absolute atomic E-state index is 15.4. The van der Waals surface area contributed by atoms with Crippen LogP contribution in [-0.4, -0.2) is 38.5 Å². The van der Waals surface area contributed by atoms with Gasteiger partial charge in [-0.25, -0.2) is 22.0 Å². The Morgan fingerprint density at radius 3 is 2.59 bits per heavy atom. The first kappa shape index (κ1) is 23.1. The Kier molecular flexibility index (Phi) is 5.78. The molecule has 6 nitrogen and oxygen atoms in total. The van der Waals surface area contributed by atoms with Crippen LogP contribution in [0.1, 0.15) is 18.4 Å². The minimum atomic E-state index is -4.35. The van der Waals surface area contributed by atoms with Crippen molar-refractivity contribution in [1.82, 2.24) is 4.90 Å². The van der Waals surface area contributed by atoms with Crippen molar-refractivity contribution in [2.24, 2.45) is 0 Å². The van der Waals surface area contributed by atoms with Crippen LogP contribution in [0, 0.1) is 11.6 Å². The van der Waals surface area contributed by atoms with Crippen LogP contribution in [0.25, 0.3) is 0 Å². The number of piperidine rings is 1. The molecule has 2 aliphatic rings. The molecule has 11 heteroatoms. The molecule has 178 valence electrons. The number of nitrogens with zero attached hydrogens (tertiary/aromatic N) is 1. The van der Waals surface area contributed by atoms with Crippen molar-refractivity contribution in [1.29, 1.82) is 0 Å². The second-order valence-electron chi connectivity index (χ2n) is 8.15. The number of hydrogen-bond donors (Lipinski definition) is 1. The molecule has 1 fully saturated rings. The molecule has 2 amide bonds. The standard InChI is InChI=1S/C23H19ClF2N2O4S2/c24-14-2-4-16(5-3-14)34(30,31)23-9-1-10-28(22(29)27-15-8-11-33-13-15)19(23)12-32-21-18(26)7-6-17(25)20(21)23/h2-8,11,13,19H,1,9-10,12H2,(H,27,29)/t19-,23+/m0/s1. The number of fused-ring (bicyclic) bond motifs is 3. The number of carbonyl (C=O) groups excluding carboxylic acids is 1. The number of carbonyl (C=O) groups is 1. The summed E-state index contributed by atoms with van der Waals surface area (Å²) in [7, 11) is -4.35. The van der Waals surface area contributed by atoms with Gasteiger partial charge in [-0.05, 0) is 60.7 Å². The van der Waals surface area contributed by atoms with Gasteiger partial charge in [0.15, 0.2) is 21.4 Å². The van der Waals surface area contributed by atoms with Gasteiger partial charge in [-0.3, -0.25) is 0 Å². The number of sulfone groups is 1. The monoisotopic (exact) mass is 524 g/mol. The maximum Gasteiger partial charge on any atom is 0.322 e. The summed E-state index contributed by atoms with van der Waals surface area (Å²) in [6, 6.07) is 7.39. The summed E-state index contributed by atoms with van der Waals surface area (Å²) in [6.45, 7) is -0.0780. The molecule has 0 spiro atoms. The van der Waals surface area contributed by atoms with Gasteiger partial charge in [-0.1, -0.05) is 11.6 Å². The Morgan fingerprint density at radius 1 is 1.15 bits per heavy atom. The SMILES string of the molecule is O=C(Nc1ccsc1)N1CCC[C@]2(S(=O)(=O)c3ccc(Cl)cc3)c3c(F)ccc(F)c3OC[C@H]12. The molecule has 5 rings (SSSR count). The summed E-state index contributed by atoms with van der Waals surface area (Å²) in [4.78, 5) is 14.5. The van der Waals surface area contributed by atoms with E-state index in [0.717, 1.165) is 12.1 Å². The maximum atomic E-state index is 15.4. The molecular formula is C23H19ClF2N2O4S2. The molecule has 0 unspecified atom stereocenters. The lowest BCUT2D eigenvalue weighted by Crippen LogP contribution is -2.64. The molecule has 1 aromatic heterocycles. The Balaban J connectivity index is 1.71. The number of halogens is 3. The second kappa shape index (κ2) is 8.51. The molecule has 2 aliphatic heterocycles. The van der Waals surface area contributed by atoms with Crippen molar-refractivity contribution < 1.29 is 26.7 Å². The molecular weight excluding hydrogens is 506 g/mol. The molecule has 2 aromatic carbocycles. The van der Waals surface area contributed by atoms with Crippen LogP contribution in [0.3, 0.4) is 0 Å². The van der Waals surface area contributed by atoms with Gasteiger partial charge in [0.2, 0.25) is 0 Å². The van der Waals surface area contributed by atoms with Crippen molar-refractivity contribution in [3.63, 3.8) is 0 Å². The van der Waals surface area contributed by atoms with Crippen LogP contribution in [0.15, 0.2) is 58.1 Å². The topological polar surface area (TPSA) is 75.7 Å². The van der Waals surface area contributed by atoms with Crippen molar-refractivity contribution >= 4 is 44.5 Å². The molecule has 0 saturated carbocycles. The Labute approximate surface area is 204 Å². The summed E-state index contributed by atoms with van der Waals surface area (Å²) in [5.41, 5.74) is 0.174. The number of likely N-dealkylation sites (tertiary alicyclic amines) is 1. The number of rotatable bonds is 3. The Bertz CT molecular complexity index is 1350. The van der Waals surface area contributed by atoms with Crippen LogP contribution >= 0.6 is 22.9 Å². The van der Waals surface area contributed by atoms with E-state index < -0.39 is 44.0 Å². The molecule has 3 heterocycles. The third-order valence-corrected chi connectivity index (χ3v) is 9.83. The van der Waals surface area contributed by atoms with Gasteiger partial charge in [0.25, 0.3) is 0 Å². The van der Waals surface area contributed by atoms with E-state index in [-0.39, 0.29) is 36.5 Å². The number of thiophene rings is 1. The zero-order valence-corrected chi connectivity index (χ0v) is 20.0. The zero-order valence-electron chi connectivity index (χ0n) is 17.6. The van der Waals surface area contributed by atoms with E-state index in [1.165, 1.54) is 40.5 Å². The first-order valence-electron chi connectivity index (χ1n) is 10.5. The van der Waals surface area contributed by atoms with Crippen molar-refractivity contribution in [3.05, 3.63) is 75.4 Å². The predicted octanol–water partition coefficient (Wildman–Crippen LogP) is 5.44. The fourth-order valence-corrected chi connectivity index (χ4v) is 7.93. The first-order chi connectivity index (χ1) is 16.3. The molecule has 0 bridgehead atoms. The summed E-state index contributed by atoms with van der Waals surface area (Å²) in [5, 5.41) is 6.61. The van der Waals surface area contributed by atoms with E-state index in [1.54, 1.807) is 16.8 Å². The fourth-order valence-electron chi connectivity index (χ4n) is 4.88. The molecule has 0 radical (unpaired) electrons. The van der Waals surface area contributed by atoms with Gasteiger partial charge in [0.1, 0.15) is 17.2 Å². The van der Waals surface area contributed by atoms with Crippen LogP contribution in [0.4, 0.5) is 19.3 Å². The highest BCUT2D eigenvalue weighted by molar-refractivity contribution is 7.92. The number of benzene rings is 2. The fraction of sp³-hybridized carbons (Fsp3) is 0.261. The van der Waals surface area contributed by atoms with Crippen LogP contribution in [0.5, 0.6) is 5.75 Å². The average molecular weight is 525 g/mol. The van der Waals surface area contributed by atoms with Gasteiger partial charge >= 0.3 is 6.03 Å². The summed E-state index contributed by atoms with van der Waals surface area (Å²) in [6.07, 6.45) is 0.247. The van der Waals surface area contributed by atoms with E-state index in [1.807, 2.05) is 0 Å². The second-order valence-corrected chi connectivity index (χ2v) is 11.6. The lowest BCUT2D eigenvalue weighted by atomic mass is 9.80. The van der Waals surface area contributed by atoms with E-state index in [2.05, 4.69) is 5.32 Å². The van der Waals surface area contributed by atoms with Crippen LogP contribution in [-0.2, 0) is 14.6 Å².